The van der Waals surface area contributed by atoms with Crippen LogP contribution in [0.1, 0.15) is 32.6 Å². The van der Waals surface area contributed by atoms with Crippen LogP contribution in [0.4, 0.5) is 19.3 Å². The smallest absolute Gasteiger partial charge is 0.320 e. The first-order chi connectivity index (χ1) is 16.2. The van der Waals surface area contributed by atoms with Gasteiger partial charge in [0, 0.05) is 37.3 Å². The quantitative estimate of drug-likeness (QED) is 0.571. The van der Waals surface area contributed by atoms with E-state index in [0.717, 1.165) is 35.3 Å². The highest BCUT2D eigenvalue weighted by Crippen LogP contribution is 2.33. The number of likely N-dealkylation sites (tertiary alicyclic amines) is 2. The zero-order valence-corrected chi connectivity index (χ0v) is 20.5. The maximum Gasteiger partial charge on any atom is 0.320 e. The van der Waals surface area contributed by atoms with Gasteiger partial charge in [0.2, 0.25) is 0 Å². The topological polar surface area (TPSA) is 60.9 Å². The summed E-state index contributed by atoms with van der Waals surface area (Å²) in [7, 11) is -4.28. The molecule has 0 aliphatic carbocycles. The molecule has 2 aromatic carbocycles. The van der Waals surface area contributed by atoms with Crippen molar-refractivity contribution in [3.8, 4) is 0 Å². The zero-order valence-electron chi connectivity index (χ0n) is 19.0. The van der Waals surface area contributed by atoms with Crippen molar-refractivity contribution in [3.63, 3.8) is 0 Å². The van der Waals surface area contributed by atoms with Crippen LogP contribution in [-0.4, -0.2) is 56.5 Å². The van der Waals surface area contributed by atoms with Gasteiger partial charge in [-0.1, -0.05) is 18.5 Å². The third-order valence-electron chi connectivity index (χ3n) is 6.44. The number of amides is 2. The minimum Gasteiger partial charge on any atom is -0.324 e. The highest BCUT2D eigenvalue weighted by Gasteiger charge is 2.38. The highest BCUT2D eigenvalue weighted by molar-refractivity contribution is 7.92. The lowest BCUT2D eigenvalue weighted by Gasteiger charge is -2.42. The summed E-state index contributed by atoms with van der Waals surface area (Å²) in [5, 5.41) is 0.354. The largest absolute Gasteiger partial charge is 0.324 e. The Kier molecular flexibility index (Phi) is 7.33. The lowest BCUT2D eigenvalue weighted by molar-refractivity contribution is 0.120. The summed E-state index contributed by atoms with van der Waals surface area (Å²) in [5.74, 6) is -1.20. The number of piperidine rings is 2. The number of carbonyl (C=O) groups is 1. The summed E-state index contributed by atoms with van der Waals surface area (Å²) in [6, 6.07) is 7.39. The SMILES string of the molecule is CC1CCCN(C(=O)N2CCCC(N(c3cc(F)ccc3F)S(=O)(=O)c3ccc(Cl)cc3)C2)C1. The fourth-order valence-electron chi connectivity index (χ4n) is 4.78. The molecule has 2 aliphatic heterocycles. The van der Waals surface area contributed by atoms with Gasteiger partial charge in [0.05, 0.1) is 16.6 Å². The minimum absolute atomic E-state index is 0.0890. The molecule has 0 spiro atoms. The highest BCUT2D eigenvalue weighted by atomic mass is 35.5. The third-order valence-corrected chi connectivity index (χ3v) is 8.57. The second-order valence-corrected chi connectivity index (χ2v) is 11.3. The lowest BCUT2D eigenvalue weighted by atomic mass is 10.0. The van der Waals surface area contributed by atoms with E-state index in [9.17, 15) is 22.0 Å². The first-order valence-electron chi connectivity index (χ1n) is 11.5. The van der Waals surface area contributed by atoms with E-state index in [-0.39, 0.29) is 23.2 Å². The van der Waals surface area contributed by atoms with Crippen molar-refractivity contribution in [1.82, 2.24) is 9.80 Å². The van der Waals surface area contributed by atoms with Gasteiger partial charge >= 0.3 is 6.03 Å². The van der Waals surface area contributed by atoms with E-state index >= 15 is 0 Å². The van der Waals surface area contributed by atoms with Crippen molar-refractivity contribution in [2.75, 3.05) is 30.5 Å². The van der Waals surface area contributed by atoms with Gasteiger partial charge in [0.25, 0.3) is 10.0 Å². The Morgan fingerprint density at radius 3 is 2.32 bits per heavy atom. The molecule has 184 valence electrons. The maximum absolute atomic E-state index is 14.9. The molecule has 2 atom stereocenters. The van der Waals surface area contributed by atoms with Gasteiger partial charge in [-0.2, -0.15) is 0 Å². The normalized spacial score (nSPS) is 21.4. The number of halogens is 3. The van der Waals surface area contributed by atoms with Gasteiger partial charge in [-0.15, -0.1) is 0 Å². The average molecular weight is 512 g/mol. The Bertz CT molecular complexity index is 1150. The molecular weight excluding hydrogens is 484 g/mol. The number of urea groups is 1. The van der Waals surface area contributed by atoms with E-state index in [1.165, 1.54) is 24.3 Å². The predicted molar refractivity (Wildman–Crippen MR) is 127 cm³/mol. The van der Waals surface area contributed by atoms with Crippen LogP contribution in [0.15, 0.2) is 47.4 Å². The molecule has 2 heterocycles. The van der Waals surface area contributed by atoms with Crippen molar-refractivity contribution in [3.05, 3.63) is 59.1 Å². The molecule has 2 amide bonds. The van der Waals surface area contributed by atoms with Crippen molar-refractivity contribution in [1.29, 1.82) is 0 Å². The van der Waals surface area contributed by atoms with Crippen LogP contribution >= 0.6 is 11.6 Å². The van der Waals surface area contributed by atoms with Gasteiger partial charge in [-0.05, 0) is 68.0 Å². The molecule has 0 radical (unpaired) electrons. The molecular formula is C24H28ClF2N3O3S. The summed E-state index contributed by atoms with van der Waals surface area (Å²) >= 11 is 5.92. The van der Waals surface area contributed by atoms with E-state index in [0.29, 0.717) is 43.4 Å². The van der Waals surface area contributed by atoms with Gasteiger partial charge in [-0.3, -0.25) is 4.31 Å². The Labute approximate surface area is 204 Å². The lowest BCUT2D eigenvalue weighted by Crippen LogP contribution is -2.55. The third kappa shape index (κ3) is 5.15. The van der Waals surface area contributed by atoms with Crippen molar-refractivity contribution in [2.45, 2.75) is 43.5 Å². The van der Waals surface area contributed by atoms with Gasteiger partial charge in [0.1, 0.15) is 11.6 Å². The molecule has 2 fully saturated rings. The van der Waals surface area contributed by atoms with Crippen LogP contribution in [0.3, 0.4) is 0 Å². The van der Waals surface area contributed by atoms with Crippen LogP contribution in [0.5, 0.6) is 0 Å². The second-order valence-electron chi connectivity index (χ2n) is 9.07. The molecule has 2 saturated heterocycles. The van der Waals surface area contributed by atoms with Crippen LogP contribution < -0.4 is 4.31 Å². The molecule has 4 rings (SSSR count). The fraction of sp³-hybridized carbons (Fsp3) is 0.458. The number of rotatable bonds is 4. The maximum atomic E-state index is 14.9. The Morgan fingerprint density at radius 2 is 1.65 bits per heavy atom. The molecule has 2 aromatic rings. The van der Waals surface area contributed by atoms with Crippen molar-refractivity contribution in [2.24, 2.45) is 5.92 Å². The molecule has 10 heteroatoms. The van der Waals surface area contributed by atoms with Crippen LogP contribution in [0, 0.1) is 17.6 Å². The molecule has 2 unspecified atom stereocenters. The first-order valence-corrected chi connectivity index (χ1v) is 13.3. The second kappa shape index (κ2) is 10.1. The van der Waals surface area contributed by atoms with E-state index in [1.807, 2.05) is 0 Å². The Morgan fingerprint density at radius 1 is 1.00 bits per heavy atom. The van der Waals surface area contributed by atoms with Crippen molar-refractivity contribution >= 4 is 33.3 Å². The fourth-order valence-corrected chi connectivity index (χ4v) is 6.58. The van der Waals surface area contributed by atoms with Gasteiger partial charge < -0.3 is 9.80 Å². The van der Waals surface area contributed by atoms with Crippen LogP contribution in [0.25, 0.3) is 0 Å². The zero-order chi connectivity index (χ0) is 24.5. The summed E-state index contributed by atoms with van der Waals surface area (Å²) in [5.41, 5.74) is -0.374. The van der Waals surface area contributed by atoms with Crippen LogP contribution in [0.2, 0.25) is 5.02 Å². The van der Waals surface area contributed by atoms with Crippen molar-refractivity contribution < 1.29 is 22.0 Å². The monoisotopic (exact) mass is 511 g/mol. The molecule has 2 aliphatic rings. The summed E-state index contributed by atoms with van der Waals surface area (Å²) in [6.07, 6.45) is 2.94. The molecule has 0 aromatic heterocycles. The number of hydrogen-bond donors (Lipinski definition) is 0. The van der Waals surface area contributed by atoms with Gasteiger partial charge in [0.15, 0.2) is 0 Å². The van der Waals surface area contributed by atoms with Crippen LogP contribution in [-0.2, 0) is 10.0 Å². The number of nitrogens with zero attached hydrogens (tertiary/aromatic N) is 3. The predicted octanol–water partition coefficient (Wildman–Crippen LogP) is 5.13. The van der Waals surface area contributed by atoms with E-state index in [1.54, 1.807) is 9.80 Å². The number of carbonyl (C=O) groups excluding carboxylic acids is 1. The molecule has 34 heavy (non-hydrogen) atoms. The van der Waals surface area contributed by atoms with E-state index in [2.05, 4.69) is 6.92 Å². The number of sulfonamides is 1. The Hall–Kier alpha value is -2.39. The molecule has 6 nitrogen and oxygen atoms in total. The van der Waals surface area contributed by atoms with E-state index < -0.39 is 27.7 Å². The van der Waals surface area contributed by atoms with Gasteiger partial charge in [-0.25, -0.2) is 22.0 Å². The standard InChI is InChI=1S/C24H28ClF2N3O3S/c1-17-4-2-12-28(15-17)24(31)29-13-3-5-20(16-29)30(23-14-19(26)8-11-22(23)27)34(32,33)21-9-6-18(25)7-10-21/h6-11,14,17,20H,2-5,12-13,15-16H2,1H3. The summed E-state index contributed by atoms with van der Waals surface area (Å²) < 4.78 is 57.4. The molecule has 0 N–H and O–H groups in total. The average Bonchev–Trinajstić information content (AvgIpc) is 2.81. The number of benzene rings is 2. The minimum atomic E-state index is -4.28. The summed E-state index contributed by atoms with van der Waals surface area (Å²) in [4.78, 5) is 16.6. The number of hydrogen-bond acceptors (Lipinski definition) is 3. The first kappa shape index (κ1) is 24.7. The summed E-state index contributed by atoms with van der Waals surface area (Å²) in [6.45, 7) is 4.00. The molecule has 0 bridgehead atoms. The molecule has 0 saturated carbocycles. The number of anilines is 1. The van der Waals surface area contributed by atoms with E-state index in [4.69, 9.17) is 11.6 Å². The Balaban J connectivity index is 1.69.